The van der Waals surface area contributed by atoms with Gasteiger partial charge in [-0.25, -0.2) is 0 Å². The zero-order valence-electron chi connectivity index (χ0n) is 5.77. The summed E-state index contributed by atoms with van der Waals surface area (Å²) in [5.41, 5.74) is 0. The number of rotatable bonds is 0. The smallest absolute Gasteiger partial charge is 0.358 e. The SMILES string of the molecule is [CH3-].[CH3-].[Cu+2].c1ccccc1. The van der Waals surface area contributed by atoms with Gasteiger partial charge in [0.2, 0.25) is 0 Å². The summed E-state index contributed by atoms with van der Waals surface area (Å²) in [4.78, 5) is 0. The van der Waals surface area contributed by atoms with Crippen molar-refractivity contribution in [2.75, 3.05) is 0 Å². The molecule has 1 aromatic rings. The minimum absolute atomic E-state index is 0. The summed E-state index contributed by atoms with van der Waals surface area (Å²) in [6.45, 7) is 0. The fourth-order valence-electron chi connectivity index (χ4n) is 0.385. The Labute approximate surface area is 68.8 Å². The predicted molar refractivity (Wildman–Crippen MR) is 39.3 cm³/mol. The molecule has 1 rings (SSSR count). The Balaban J connectivity index is -0.000000120. The maximum Gasteiger partial charge on any atom is 2.00 e. The van der Waals surface area contributed by atoms with Gasteiger partial charge in [0.25, 0.3) is 0 Å². The first-order chi connectivity index (χ1) is 3.00. The molecule has 0 amide bonds. The summed E-state index contributed by atoms with van der Waals surface area (Å²) in [5, 5.41) is 0. The van der Waals surface area contributed by atoms with Gasteiger partial charge in [0.15, 0.2) is 0 Å². The van der Waals surface area contributed by atoms with E-state index in [1.165, 1.54) is 0 Å². The maximum absolute atomic E-state index is 2.00. The molecule has 0 nitrogen and oxygen atoms in total. The molecule has 0 saturated carbocycles. The van der Waals surface area contributed by atoms with E-state index in [4.69, 9.17) is 0 Å². The first kappa shape index (κ1) is 15.9. The third kappa shape index (κ3) is 7.74. The molecule has 0 atom stereocenters. The minimum atomic E-state index is 0. The van der Waals surface area contributed by atoms with E-state index in [9.17, 15) is 0 Å². The van der Waals surface area contributed by atoms with E-state index in [0.29, 0.717) is 0 Å². The third-order valence-corrected chi connectivity index (χ3v) is 0.667. The van der Waals surface area contributed by atoms with Crippen LogP contribution in [0.5, 0.6) is 0 Å². The number of hydrogen-bond donors (Lipinski definition) is 0. The molecule has 0 N–H and O–H groups in total. The van der Waals surface area contributed by atoms with Crippen molar-refractivity contribution in [1.82, 2.24) is 0 Å². The van der Waals surface area contributed by atoms with Gasteiger partial charge in [-0.15, -0.1) is 0 Å². The van der Waals surface area contributed by atoms with Gasteiger partial charge < -0.3 is 14.9 Å². The summed E-state index contributed by atoms with van der Waals surface area (Å²) in [7, 11) is 0. The van der Waals surface area contributed by atoms with E-state index in [-0.39, 0.29) is 31.9 Å². The summed E-state index contributed by atoms with van der Waals surface area (Å²) >= 11 is 0. The van der Waals surface area contributed by atoms with Crippen molar-refractivity contribution >= 4 is 0 Å². The number of hydrogen-bond acceptors (Lipinski definition) is 0. The van der Waals surface area contributed by atoms with E-state index in [2.05, 4.69) is 0 Å². The van der Waals surface area contributed by atoms with Crippen LogP contribution in [0, 0.1) is 14.9 Å². The van der Waals surface area contributed by atoms with Crippen LogP contribution in [0.15, 0.2) is 36.4 Å². The van der Waals surface area contributed by atoms with Crippen LogP contribution in [0.25, 0.3) is 0 Å². The first-order valence-corrected chi connectivity index (χ1v) is 2.00. The molecule has 0 heterocycles. The molecule has 0 aliphatic heterocycles. The summed E-state index contributed by atoms with van der Waals surface area (Å²) in [6.07, 6.45) is 0. The van der Waals surface area contributed by atoms with Gasteiger partial charge >= 0.3 is 17.1 Å². The molecule has 1 radical (unpaired) electrons. The Morgan fingerprint density at radius 1 is 0.444 bits per heavy atom. The van der Waals surface area contributed by atoms with Gasteiger partial charge in [-0.1, -0.05) is 36.4 Å². The van der Waals surface area contributed by atoms with Crippen molar-refractivity contribution in [2.24, 2.45) is 0 Å². The Bertz CT molecular complexity index is 76.5. The van der Waals surface area contributed by atoms with E-state index in [1.54, 1.807) is 0 Å². The Morgan fingerprint density at radius 3 is 0.667 bits per heavy atom. The molecule has 1 aromatic carbocycles. The van der Waals surface area contributed by atoms with Crippen molar-refractivity contribution < 1.29 is 17.1 Å². The fraction of sp³-hybridized carbons (Fsp3) is 0. The largest absolute Gasteiger partial charge is 2.00 e. The van der Waals surface area contributed by atoms with E-state index >= 15 is 0 Å². The molecule has 0 aliphatic rings. The molecule has 55 valence electrons. The second-order valence-electron chi connectivity index (χ2n) is 1.15. The molecule has 0 unspecified atom stereocenters. The number of benzene rings is 1. The summed E-state index contributed by atoms with van der Waals surface area (Å²) < 4.78 is 0. The van der Waals surface area contributed by atoms with Gasteiger partial charge in [0.05, 0.1) is 0 Å². The molecule has 0 saturated heterocycles. The van der Waals surface area contributed by atoms with Crippen LogP contribution in [-0.2, 0) is 17.1 Å². The zero-order chi connectivity index (χ0) is 4.24. The molecule has 0 aliphatic carbocycles. The molecule has 0 spiro atoms. The second kappa shape index (κ2) is 10.7. The quantitative estimate of drug-likeness (QED) is 0.416. The first-order valence-electron chi connectivity index (χ1n) is 2.00. The van der Waals surface area contributed by atoms with Crippen LogP contribution in [0.4, 0.5) is 0 Å². The second-order valence-corrected chi connectivity index (χ2v) is 1.15. The fourth-order valence-corrected chi connectivity index (χ4v) is 0.385. The van der Waals surface area contributed by atoms with E-state index in [1.807, 2.05) is 36.4 Å². The summed E-state index contributed by atoms with van der Waals surface area (Å²) in [6, 6.07) is 12.0. The average Bonchev–Trinajstić information content (AvgIpc) is 1.72. The minimum Gasteiger partial charge on any atom is -0.358 e. The third-order valence-electron chi connectivity index (χ3n) is 0.667. The summed E-state index contributed by atoms with van der Waals surface area (Å²) in [5.74, 6) is 0. The van der Waals surface area contributed by atoms with E-state index in [0.717, 1.165) is 0 Å². The van der Waals surface area contributed by atoms with Gasteiger partial charge in [-0.05, 0) is 0 Å². The van der Waals surface area contributed by atoms with Crippen LogP contribution in [0.2, 0.25) is 0 Å². The Kier molecular flexibility index (Phi) is 18.8. The van der Waals surface area contributed by atoms with Crippen LogP contribution in [-0.4, -0.2) is 0 Å². The van der Waals surface area contributed by atoms with Crippen LogP contribution in [0.3, 0.4) is 0 Å². The van der Waals surface area contributed by atoms with E-state index < -0.39 is 0 Å². The van der Waals surface area contributed by atoms with Crippen molar-refractivity contribution in [3.8, 4) is 0 Å². The molecule has 0 fully saturated rings. The maximum atomic E-state index is 2.00. The van der Waals surface area contributed by atoms with Crippen molar-refractivity contribution in [3.63, 3.8) is 0 Å². The van der Waals surface area contributed by atoms with Gasteiger partial charge in [0, 0.05) is 0 Å². The normalized spacial score (nSPS) is 5.33. The molecule has 0 bridgehead atoms. The van der Waals surface area contributed by atoms with Gasteiger partial charge in [-0.2, -0.15) is 0 Å². The van der Waals surface area contributed by atoms with Crippen molar-refractivity contribution in [2.45, 2.75) is 0 Å². The molecule has 1 heteroatoms. The van der Waals surface area contributed by atoms with Crippen molar-refractivity contribution in [3.05, 3.63) is 51.3 Å². The molecular formula is C8H12Cu. The molecule has 9 heavy (non-hydrogen) atoms. The Morgan fingerprint density at radius 2 is 0.556 bits per heavy atom. The van der Waals surface area contributed by atoms with Crippen molar-refractivity contribution in [1.29, 1.82) is 0 Å². The van der Waals surface area contributed by atoms with Gasteiger partial charge in [0.1, 0.15) is 0 Å². The monoisotopic (exact) mass is 171 g/mol. The van der Waals surface area contributed by atoms with Gasteiger partial charge in [-0.3, -0.25) is 0 Å². The molecule has 0 aromatic heterocycles. The molecular weight excluding hydrogens is 160 g/mol. The topological polar surface area (TPSA) is 0 Å². The zero-order valence-corrected chi connectivity index (χ0v) is 6.71. The Hall–Kier alpha value is -0.261. The van der Waals surface area contributed by atoms with Crippen LogP contribution in [0.1, 0.15) is 0 Å². The van der Waals surface area contributed by atoms with Crippen LogP contribution >= 0.6 is 0 Å². The standard InChI is InChI=1S/C6H6.2CH3.Cu/c1-2-4-6-5-3-1;;;/h1-6H;2*1H3;/q;2*-1;+2. The predicted octanol–water partition coefficient (Wildman–Crippen LogP) is 2.58. The average molecular weight is 172 g/mol. The van der Waals surface area contributed by atoms with Crippen LogP contribution < -0.4 is 0 Å².